The normalized spacial score (nSPS) is 11.3. The second kappa shape index (κ2) is 13.1. The number of carboxylic acids is 1. The summed E-state index contributed by atoms with van der Waals surface area (Å²) in [6.07, 6.45) is -5.08. The number of hydrogen-bond donors (Lipinski definition) is 3. The van der Waals surface area contributed by atoms with E-state index in [0.29, 0.717) is 29.2 Å². The van der Waals surface area contributed by atoms with E-state index in [4.69, 9.17) is 19.4 Å². The predicted octanol–water partition coefficient (Wildman–Crippen LogP) is 4.28. The quantitative estimate of drug-likeness (QED) is 0.271. The van der Waals surface area contributed by atoms with Gasteiger partial charge in [-0.05, 0) is 50.3 Å². The number of aromatic amines is 1. The number of ether oxygens (including phenoxy) is 2. The summed E-state index contributed by atoms with van der Waals surface area (Å²) >= 11 is 0. The fourth-order valence-electron chi connectivity index (χ4n) is 3.70. The summed E-state index contributed by atoms with van der Waals surface area (Å²) in [6, 6.07) is 11.0. The summed E-state index contributed by atoms with van der Waals surface area (Å²) in [5, 5.41) is 11.5. The monoisotopic (exact) mass is 562 g/mol. The van der Waals surface area contributed by atoms with Crippen molar-refractivity contribution in [3.63, 3.8) is 0 Å². The molecule has 0 aliphatic rings. The van der Waals surface area contributed by atoms with Crippen molar-refractivity contribution in [3.05, 3.63) is 52.4 Å². The average molecular weight is 563 g/mol. The Balaban J connectivity index is 0.000000559. The number of fused-ring (bicyclic) bond motifs is 2. The van der Waals surface area contributed by atoms with Gasteiger partial charge in [0, 0.05) is 11.9 Å². The van der Waals surface area contributed by atoms with E-state index in [2.05, 4.69) is 44.0 Å². The SMILES string of the molecule is CCN(CC)CCOc1ccc2nc(Nc3nc4c(OC)cccc4c(=O)[nH]3)nc(C)c2c1.O=C(O)C(F)(F)F. The molecule has 214 valence electrons. The Kier molecular flexibility index (Phi) is 9.82. The molecular formula is C26H29F3N6O5. The number of methoxy groups -OCH3 is 1. The molecule has 4 rings (SSSR count). The molecule has 0 saturated carbocycles. The van der Waals surface area contributed by atoms with Crippen LogP contribution in [0.2, 0.25) is 0 Å². The van der Waals surface area contributed by atoms with E-state index in [9.17, 15) is 18.0 Å². The zero-order valence-electron chi connectivity index (χ0n) is 22.3. The molecule has 2 aromatic heterocycles. The molecule has 2 aromatic carbocycles. The maximum absolute atomic E-state index is 12.5. The number of aliphatic carboxylic acids is 1. The van der Waals surface area contributed by atoms with Crippen molar-refractivity contribution < 1.29 is 32.5 Å². The first-order valence-corrected chi connectivity index (χ1v) is 12.2. The van der Waals surface area contributed by atoms with Crippen LogP contribution in [0.15, 0.2) is 41.2 Å². The van der Waals surface area contributed by atoms with Gasteiger partial charge in [0.05, 0.1) is 23.7 Å². The second-order valence-corrected chi connectivity index (χ2v) is 8.39. The Bertz CT molecular complexity index is 1540. The molecule has 0 spiro atoms. The molecule has 0 bridgehead atoms. The average Bonchev–Trinajstić information content (AvgIpc) is 2.91. The topological polar surface area (TPSA) is 143 Å². The molecule has 0 amide bonds. The van der Waals surface area contributed by atoms with E-state index in [1.165, 1.54) is 0 Å². The Morgan fingerprint density at radius 3 is 2.42 bits per heavy atom. The number of carbonyl (C=O) groups is 1. The molecular weight excluding hydrogens is 533 g/mol. The van der Waals surface area contributed by atoms with Gasteiger partial charge in [-0.2, -0.15) is 13.2 Å². The molecule has 4 aromatic rings. The third kappa shape index (κ3) is 7.56. The van der Waals surface area contributed by atoms with Crippen LogP contribution < -0.4 is 20.3 Å². The van der Waals surface area contributed by atoms with Crippen LogP contribution in [0.3, 0.4) is 0 Å². The Hall–Kier alpha value is -4.46. The summed E-state index contributed by atoms with van der Waals surface area (Å²) in [5.74, 6) is -0.868. The first kappa shape index (κ1) is 30.1. The lowest BCUT2D eigenvalue weighted by Crippen LogP contribution is -2.27. The van der Waals surface area contributed by atoms with Crippen molar-refractivity contribution >= 4 is 39.7 Å². The van der Waals surface area contributed by atoms with Crippen LogP contribution >= 0.6 is 0 Å². The van der Waals surface area contributed by atoms with E-state index in [1.807, 2.05) is 25.1 Å². The Labute approximate surface area is 227 Å². The van der Waals surface area contributed by atoms with Gasteiger partial charge >= 0.3 is 12.1 Å². The van der Waals surface area contributed by atoms with Crippen LogP contribution in [-0.2, 0) is 4.79 Å². The maximum atomic E-state index is 12.5. The molecule has 0 aliphatic heterocycles. The number of aromatic nitrogens is 4. The summed E-state index contributed by atoms with van der Waals surface area (Å²) in [6.45, 7) is 9.71. The predicted molar refractivity (Wildman–Crippen MR) is 143 cm³/mol. The fraction of sp³-hybridized carbons (Fsp3) is 0.346. The molecule has 0 fully saturated rings. The number of nitrogens with one attached hydrogen (secondary N) is 2. The van der Waals surface area contributed by atoms with Gasteiger partial charge in [-0.3, -0.25) is 15.1 Å². The lowest BCUT2D eigenvalue weighted by molar-refractivity contribution is -0.192. The highest BCUT2D eigenvalue weighted by molar-refractivity contribution is 5.85. The molecule has 11 nitrogen and oxygen atoms in total. The number of anilines is 2. The number of halogens is 3. The zero-order chi connectivity index (χ0) is 29.4. The molecule has 0 saturated heterocycles. The Morgan fingerprint density at radius 2 is 1.80 bits per heavy atom. The zero-order valence-corrected chi connectivity index (χ0v) is 22.3. The summed E-state index contributed by atoms with van der Waals surface area (Å²) in [4.78, 5) is 40.1. The third-order valence-electron chi connectivity index (χ3n) is 5.82. The molecule has 0 radical (unpaired) electrons. The molecule has 14 heteroatoms. The minimum Gasteiger partial charge on any atom is -0.494 e. The van der Waals surface area contributed by atoms with Crippen molar-refractivity contribution in [3.8, 4) is 11.5 Å². The standard InChI is InChI=1S/C24H28N6O3.C2HF3O2/c1-5-30(6-2)12-13-33-16-10-11-19-18(14-16)15(3)25-23(26-19)29-24-27-21-17(22(31)28-24)8-7-9-20(21)32-4;3-2(4,5)1(6)7/h7-11,14H,5-6,12-13H2,1-4H3,(H2,25,26,27,28,29,31);(H,6,7). The van der Waals surface area contributed by atoms with Gasteiger partial charge in [-0.25, -0.2) is 19.7 Å². The number of likely N-dealkylation sites (N-methyl/N-ethyl adjacent to an activating group) is 1. The number of H-pyrrole nitrogens is 1. The smallest absolute Gasteiger partial charge is 0.490 e. The van der Waals surface area contributed by atoms with Gasteiger partial charge in [-0.1, -0.05) is 19.9 Å². The number of nitrogens with zero attached hydrogens (tertiary/aromatic N) is 4. The number of benzene rings is 2. The van der Waals surface area contributed by atoms with Gasteiger partial charge in [-0.15, -0.1) is 0 Å². The van der Waals surface area contributed by atoms with Crippen molar-refractivity contribution in [1.29, 1.82) is 0 Å². The minimum atomic E-state index is -5.08. The van der Waals surface area contributed by atoms with Crippen molar-refractivity contribution in [1.82, 2.24) is 24.8 Å². The third-order valence-corrected chi connectivity index (χ3v) is 5.82. The number of para-hydroxylation sites is 1. The summed E-state index contributed by atoms with van der Waals surface area (Å²) < 4.78 is 43.0. The number of aryl methyl sites for hydroxylation is 1. The van der Waals surface area contributed by atoms with Crippen LogP contribution in [0.5, 0.6) is 11.5 Å². The molecule has 3 N–H and O–H groups in total. The highest BCUT2D eigenvalue weighted by Crippen LogP contribution is 2.25. The second-order valence-electron chi connectivity index (χ2n) is 8.39. The fourth-order valence-corrected chi connectivity index (χ4v) is 3.70. The lowest BCUT2D eigenvalue weighted by atomic mass is 10.2. The maximum Gasteiger partial charge on any atom is 0.490 e. The van der Waals surface area contributed by atoms with E-state index in [1.54, 1.807) is 25.3 Å². The van der Waals surface area contributed by atoms with E-state index in [0.717, 1.165) is 42.0 Å². The molecule has 0 unspecified atom stereocenters. The highest BCUT2D eigenvalue weighted by Gasteiger charge is 2.38. The molecule has 0 atom stereocenters. The first-order valence-electron chi connectivity index (χ1n) is 12.2. The van der Waals surface area contributed by atoms with Gasteiger partial charge in [0.15, 0.2) is 0 Å². The number of rotatable bonds is 9. The van der Waals surface area contributed by atoms with Crippen LogP contribution in [0.4, 0.5) is 25.1 Å². The summed E-state index contributed by atoms with van der Waals surface area (Å²) in [7, 11) is 1.54. The highest BCUT2D eigenvalue weighted by atomic mass is 19.4. The summed E-state index contributed by atoms with van der Waals surface area (Å²) in [5.41, 5.74) is 1.75. The van der Waals surface area contributed by atoms with Gasteiger partial charge in [0.1, 0.15) is 23.6 Å². The van der Waals surface area contributed by atoms with E-state index < -0.39 is 12.1 Å². The largest absolute Gasteiger partial charge is 0.494 e. The number of hydrogen-bond acceptors (Lipinski definition) is 9. The number of alkyl halides is 3. The molecule has 0 aliphatic carbocycles. The van der Waals surface area contributed by atoms with E-state index >= 15 is 0 Å². The molecule has 40 heavy (non-hydrogen) atoms. The van der Waals surface area contributed by atoms with Crippen molar-refractivity contribution in [2.75, 3.05) is 38.7 Å². The van der Waals surface area contributed by atoms with Crippen LogP contribution in [-0.4, -0.2) is 75.4 Å². The van der Waals surface area contributed by atoms with Gasteiger partial charge < -0.3 is 19.5 Å². The Morgan fingerprint density at radius 1 is 1.10 bits per heavy atom. The first-order chi connectivity index (χ1) is 19.0. The molecule has 2 heterocycles. The van der Waals surface area contributed by atoms with Crippen LogP contribution in [0, 0.1) is 6.92 Å². The van der Waals surface area contributed by atoms with Crippen LogP contribution in [0.25, 0.3) is 21.8 Å². The van der Waals surface area contributed by atoms with E-state index in [-0.39, 0.29) is 11.5 Å². The lowest BCUT2D eigenvalue weighted by Gasteiger charge is -2.18. The van der Waals surface area contributed by atoms with Crippen LogP contribution in [0.1, 0.15) is 19.5 Å². The van der Waals surface area contributed by atoms with Gasteiger partial charge in [0.25, 0.3) is 5.56 Å². The van der Waals surface area contributed by atoms with Gasteiger partial charge in [0.2, 0.25) is 11.9 Å². The number of carboxylic acid groups (broad SMARTS) is 1. The minimum absolute atomic E-state index is 0.243. The van der Waals surface area contributed by atoms with Crippen molar-refractivity contribution in [2.24, 2.45) is 0 Å². The van der Waals surface area contributed by atoms with Crippen molar-refractivity contribution in [2.45, 2.75) is 26.9 Å².